The zero-order chi connectivity index (χ0) is 13.0. The number of aromatic nitrogens is 2. The summed E-state index contributed by atoms with van der Waals surface area (Å²) < 4.78 is 0. The molecule has 6 nitrogen and oxygen atoms in total. The lowest BCUT2D eigenvalue weighted by atomic mass is 10.2. The molecule has 0 bridgehead atoms. The Morgan fingerprint density at radius 1 is 1.50 bits per heavy atom. The molecule has 0 aliphatic carbocycles. The number of amides is 1. The van der Waals surface area contributed by atoms with Gasteiger partial charge in [-0.1, -0.05) is 6.07 Å². The van der Waals surface area contributed by atoms with E-state index in [0.717, 1.165) is 4.88 Å². The van der Waals surface area contributed by atoms with E-state index >= 15 is 0 Å². The van der Waals surface area contributed by atoms with E-state index in [4.69, 9.17) is 11.0 Å². The van der Waals surface area contributed by atoms with E-state index in [1.54, 1.807) is 6.07 Å². The summed E-state index contributed by atoms with van der Waals surface area (Å²) in [5, 5.41) is 13.4. The maximum absolute atomic E-state index is 11.9. The molecule has 18 heavy (non-hydrogen) atoms. The second-order valence-electron chi connectivity index (χ2n) is 3.34. The normalized spacial score (nSPS) is 11.5. The largest absolute Gasteiger partial charge is 0.382 e. The number of hydrogen-bond donors (Lipinski definition) is 2. The average molecular weight is 259 g/mol. The third kappa shape index (κ3) is 2.44. The topological polar surface area (TPSA) is 105 Å². The molecule has 2 aromatic rings. The first-order valence-corrected chi connectivity index (χ1v) is 5.90. The molecule has 0 spiro atoms. The van der Waals surface area contributed by atoms with Crippen LogP contribution in [0.15, 0.2) is 29.9 Å². The average Bonchev–Trinajstić information content (AvgIpc) is 2.90. The van der Waals surface area contributed by atoms with Crippen molar-refractivity contribution in [1.82, 2.24) is 15.3 Å². The molecule has 0 saturated carbocycles. The van der Waals surface area contributed by atoms with Gasteiger partial charge in [0.05, 0.1) is 6.07 Å². The van der Waals surface area contributed by atoms with E-state index in [2.05, 4.69) is 15.3 Å². The van der Waals surface area contributed by atoms with Crippen molar-refractivity contribution in [1.29, 1.82) is 5.26 Å². The van der Waals surface area contributed by atoms with Gasteiger partial charge >= 0.3 is 0 Å². The number of nitrogen functional groups attached to an aromatic ring is 1. The van der Waals surface area contributed by atoms with Gasteiger partial charge < -0.3 is 11.1 Å². The number of hydrogen-bond acceptors (Lipinski definition) is 6. The second-order valence-corrected chi connectivity index (χ2v) is 4.32. The smallest absolute Gasteiger partial charge is 0.275 e. The van der Waals surface area contributed by atoms with E-state index in [-0.39, 0.29) is 11.5 Å². The molecule has 0 radical (unpaired) electrons. The van der Waals surface area contributed by atoms with Crippen LogP contribution >= 0.6 is 11.3 Å². The van der Waals surface area contributed by atoms with Gasteiger partial charge in [0, 0.05) is 17.3 Å². The molecule has 0 fully saturated rings. The number of nitrogens with zero attached hydrogens (tertiary/aromatic N) is 3. The SMILES string of the molecule is N#CC(NC(=O)c1nccnc1N)c1cccs1. The van der Waals surface area contributed by atoms with Crippen molar-refractivity contribution in [3.63, 3.8) is 0 Å². The lowest BCUT2D eigenvalue weighted by Crippen LogP contribution is -2.28. The number of carbonyl (C=O) groups excluding carboxylic acids is 1. The van der Waals surface area contributed by atoms with Crippen molar-refractivity contribution in [3.8, 4) is 6.07 Å². The Morgan fingerprint density at radius 2 is 2.28 bits per heavy atom. The fourth-order valence-electron chi connectivity index (χ4n) is 1.35. The molecule has 0 aliphatic heterocycles. The van der Waals surface area contributed by atoms with Crippen molar-refractivity contribution in [2.45, 2.75) is 6.04 Å². The van der Waals surface area contributed by atoms with E-state index in [1.807, 2.05) is 17.5 Å². The fraction of sp³-hybridized carbons (Fsp3) is 0.0909. The summed E-state index contributed by atoms with van der Waals surface area (Å²) in [6.45, 7) is 0. The van der Waals surface area contributed by atoms with Crippen LogP contribution in [0.4, 0.5) is 5.82 Å². The van der Waals surface area contributed by atoms with Crippen LogP contribution in [0.5, 0.6) is 0 Å². The minimum absolute atomic E-state index is 0.0225. The highest BCUT2D eigenvalue weighted by molar-refractivity contribution is 7.10. The summed E-state index contributed by atoms with van der Waals surface area (Å²) in [6, 6.07) is 4.89. The number of rotatable bonds is 3. The van der Waals surface area contributed by atoms with Crippen molar-refractivity contribution < 1.29 is 4.79 Å². The Hall–Kier alpha value is -2.46. The summed E-state index contributed by atoms with van der Waals surface area (Å²) in [6.07, 6.45) is 2.77. The van der Waals surface area contributed by atoms with Crippen LogP contribution in [0, 0.1) is 11.3 Å². The maximum Gasteiger partial charge on any atom is 0.275 e. The first-order valence-electron chi connectivity index (χ1n) is 5.02. The van der Waals surface area contributed by atoms with Crippen LogP contribution < -0.4 is 11.1 Å². The molecule has 0 aliphatic rings. The highest BCUT2D eigenvalue weighted by atomic mass is 32.1. The van der Waals surface area contributed by atoms with Crippen LogP contribution in [0.2, 0.25) is 0 Å². The number of nitrogens with two attached hydrogens (primary N) is 1. The number of nitriles is 1. The van der Waals surface area contributed by atoms with Gasteiger partial charge in [-0.05, 0) is 11.4 Å². The molecule has 7 heteroatoms. The fourth-order valence-corrected chi connectivity index (χ4v) is 2.06. The van der Waals surface area contributed by atoms with Gasteiger partial charge in [0.15, 0.2) is 17.6 Å². The molecule has 1 atom stereocenters. The van der Waals surface area contributed by atoms with Gasteiger partial charge in [0.25, 0.3) is 5.91 Å². The Labute approximate surface area is 107 Å². The van der Waals surface area contributed by atoms with E-state index < -0.39 is 11.9 Å². The van der Waals surface area contributed by atoms with Crippen LogP contribution in [-0.4, -0.2) is 15.9 Å². The lowest BCUT2D eigenvalue weighted by Gasteiger charge is -2.09. The monoisotopic (exact) mass is 259 g/mol. The molecule has 1 amide bonds. The number of carbonyl (C=O) groups is 1. The van der Waals surface area contributed by atoms with Gasteiger partial charge in [-0.3, -0.25) is 4.79 Å². The zero-order valence-electron chi connectivity index (χ0n) is 9.20. The van der Waals surface area contributed by atoms with Gasteiger partial charge in [-0.15, -0.1) is 11.3 Å². The first kappa shape index (κ1) is 12.0. The molecule has 3 N–H and O–H groups in total. The summed E-state index contributed by atoms with van der Waals surface area (Å²) in [5.41, 5.74) is 5.57. The summed E-state index contributed by atoms with van der Waals surface area (Å²) in [4.78, 5) is 20.3. The van der Waals surface area contributed by atoms with Crippen molar-refractivity contribution in [2.75, 3.05) is 5.73 Å². The predicted octanol–water partition coefficient (Wildman–Crippen LogP) is 1.11. The zero-order valence-corrected chi connectivity index (χ0v) is 10.0. The highest BCUT2D eigenvalue weighted by Gasteiger charge is 2.18. The molecule has 2 rings (SSSR count). The minimum Gasteiger partial charge on any atom is -0.382 e. The first-order chi connectivity index (χ1) is 8.72. The van der Waals surface area contributed by atoms with Crippen LogP contribution in [0.25, 0.3) is 0 Å². The van der Waals surface area contributed by atoms with Gasteiger partial charge in [0.2, 0.25) is 0 Å². The molecular formula is C11H9N5OS. The Morgan fingerprint density at radius 3 is 2.89 bits per heavy atom. The third-order valence-corrected chi connectivity index (χ3v) is 3.11. The Bertz CT molecular complexity index is 590. The van der Waals surface area contributed by atoms with Gasteiger partial charge in [0.1, 0.15) is 0 Å². The number of nitrogens with one attached hydrogen (secondary N) is 1. The Balaban J connectivity index is 2.17. The van der Waals surface area contributed by atoms with E-state index in [0.29, 0.717) is 0 Å². The van der Waals surface area contributed by atoms with Gasteiger partial charge in [-0.2, -0.15) is 5.26 Å². The lowest BCUT2D eigenvalue weighted by molar-refractivity contribution is 0.0941. The van der Waals surface area contributed by atoms with Crippen molar-refractivity contribution >= 4 is 23.1 Å². The minimum atomic E-state index is -0.709. The van der Waals surface area contributed by atoms with Gasteiger partial charge in [-0.25, -0.2) is 9.97 Å². The second kappa shape index (κ2) is 5.25. The predicted molar refractivity (Wildman–Crippen MR) is 66.6 cm³/mol. The standard InChI is InChI=1S/C11H9N5OS/c12-6-7(8-2-1-5-18-8)16-11(17)9-10(13)15-4-3-14-9/h1-5,7H,(H2,13,15)(H,16,17). The number of anilines is 1. The molecular weight excluding hydrogens is 250 g/mol. The molecule has 0 saturated heterocycles. The van der Waals surface area contributed by atoms with Crippen LogP contribution in [-0.2, 0) is 0 Å². The van der Waals surface area contributed by atoms with Crippen LogP contribution in [0.1, 0.15) is 21.4 Å². The van der Waals surface area contributed by atoms with Crippen LogP contribution in [0.3, 0.4) is 0 Å². The molecule has 90 valence electrons. The molecule has 2 heterocycles. The van der Waals surface area contributed by atoms with Crippen molar-refractivity contribution in [3.05, 3.63) is 40.5 Å². The highest BCUT2D eigenvalue weighted by Crippen LogP contribution is 2.18. The number of thiophene rings is 1. The quantitative estimate of drug-likeness (QED) is 0.859. The summed E-state index contributed by atoms with van der Waals surface area (Å²) in [5.74, 6) is -0.474. The molecule has 2 aromatic heterocycles. The Kier molecular flexibility index (Phi) is 3.50. The van der Waals surface area contributed by atoms with E-state index in [9.17, 15) is 4.79 Å². The third-order valence-electron chi connectivity index (χ3n) is 2.17. The van der Waals surface area contributed by atoms with Crippen molar-refractivity contribution in [2.24, 2.45) is 0 Å². The van der Waals surface area contributed by atoms with E-state index in [1.165, 1.54) is 23.7 Å². The molecule has 0 aromatic carbocycles. The maximum atomic E-state index is 11.9. The summed E-state index contributed by atoms with van der Waals surface area (Å²) >= 11 is 1.39. The molecule has 1 unspecified atom stereocenters. The summed E-state index contributed by atoms with van der Waals surface area (Å²) in [7, 11) is 0.